The van der Waals surface area contributed by atoms with Crippen molar-refractivity contribution in [2.24, 2.45) is 0 Å². The minimum absolute atomic E-state index is 0.0822. The number of anilines is 1. The van der Waals surface area contributed by atoms with Crippen molar-refractivity contribution in [2.45, 2.75) is 13.3 Å². The number of thiazole rings is 1. The van der Waals surface area contributed by atoms with Gasteiger partial charge in [-0.1, -0.05) is 25.1 Å². The Labute approximate surface area is 121 Å². The molecule has 3 aromatic rings. The number of hydrogen-bond acceptors (Lipinski definition) is 3. The van der Waals surface area contributed by atoms with Gasteiger partial charge in [0.2, 0.25) is 0 Å². The maximum absolute atomic E-state index is 12.3. The first-order chi connectivity index (χ1) is 9.78. The number of aryl methyl sites for hydroxylation is 1. The molecule has 1 heterocycles. The first-order valence-corrected chi connectivity index (χ1v) is 7.38. The van der Waals surface area contributed by atoms with Gasteiger partial charge >= 0.3 is 0 Å². The summed E-state index contributed by atoms with van der Waals surface area (Å²) in [5.41, 5.74) is 5.40. The molecule has 1 amide bonds. The molecule has 0 spiro atoms. The smallest absolute Gasteiger partial charge is 0.255 e. The number of nitrogens with one attached hydrogen (secondary N) is 1. The van der Waals surface area contributed by atoms with Gasteiger partial charge in [-0.25, -0.2) is 4.98 Å². The quantitative estimate of drug-likeness (QED) is 0.785. The molecular formula is C16H14N2OS. The van der Waals surface area contributed by atoms with Crippen LogP contribution in [0.1, 0.15) is 22.8 Å². The van der Waals surface area contributed by atoms with Crippen molar-refractivity contribution in [2.75, 3.05) is 5.32 Å². The number of carbonyl (C=O) groups is 1. The number of rotatable bonds is 3. The zero-order valence-electron chi connectivity index (χ0n) is 11.1. The maximum atomic E-state index is 12.3. The van der Waals surface area contributed by atoms with Crippen LogP contribution in [0, 0.1) is 0 Å². The molecule has 0 fully saturated rings. The van der Waals surface area contributed by atoms with Crippen LogP contribution in [-0.4, -0.2) is 10.9 Å². The summed E-state index contributed by atoms with van der Waals surface area (Å²) in [6.07, 6.45) is 0.893. The monoisotopic (exact) mass is 282 g/mol. The number of aromatic nitrogens is 1. The number of fused-ring (bicyclic) bond motifs is 1. The summed E-state index contributed by atoms with van der Waals surface area (Å²) in [6, 6.07) is 13.5. The standard InChI is InChI=1S/C16H14N2OS/c1-2-11-5-3-4-6-13(11)18-16(19)12-7-8-14-15(9-12)20-10-17-14/h3-10H,2H2,1H3,(H,18,19). The lowest BCUT2D eigenvalue weighted by atomic mass is 10.1. The third-order valence-electron chi connectivity index (χ3n) is 3.24. The lowest BCUT2D eigenvalue weighted by Crippen LogP contribution is -2.13. The highest BCUT2D eigenvalue weighted by atomic mass is 32.1. The summed E-state index contributed by atoms with van der Waals surface area (Å²) in [4.78, 5) is 16.5. The molecule has 0 atom stereocenters. The Kier molecular flexibility index (Phi) is 3.48. The molecule has 3 rings (SSSR count). The Bertz CT molecular complexity index is 764. The van der Waals surface area contributed by atoms with Gasteiger partial charge in [0.15, 0.2) is 0 Å². The molecule has 2 aromatic carbocycles. The zero-order chi connectivity index (χ0) is 13.9. The molecule has 0 aliphatic heterocycles. The zero-order valence-corrected chi connectivity index (χ0v) is 11.9. The predicted octanol–water partition coefficient (Wildman–Crippen LogP) is 4.11. The Morgan fingerprint density at radius 3 is 2.95 bits per heavy atom. The third kappa shape index (κ3) is 2.42. The third-order valence-corrected chi connectivity index (χ3v) is 4.03. The van der Waals surface area contributed by atoms with Crippen molar-refractivity contribution in [3.63, 3.8) is 0 Å². The first kappa shape index (κ1) is 12.8. The van der Waals surface area contributed by atoms with E-state index in [1.165, 1.54) is 0 Å². The number of nitrogens with zero attached hydrogens (tertiary/aromatic N) is 1. The molecule has 0 radical (unpaired) electrons. The summed E-state index contributed by atoms with van der Waals surface area (Å²) in [5.74, 6) is -0.0822. The molecule has 1 N–H and O–H groups in total. The van der Waals surface area contributed by atoms with Crippen LogP contribution in [0.5, 0.6) is 0 Å². The normalized spacial score (nSPS) is 10.7. The van der Waals surface area contributed by atoms with Crippen LogP contribution in [0.2, 0.25) is 0 Å². The summed E-state index contributed by atoms with van der Waals surface area (Å²) in [5, 5.41) is 2.98. The highest BCUT2D eigenvalue weighted by molar-refractivity contribution is 7.16. The van der Waals surface area contributed by atoms with E-state index in [0.717, 1.165) is 27.9 Å². The van der Waals surface area contributed by atoms with Gasteiger partial charge in [-0.3, -0.25) is 4.79 Å². The summed E-state index contributed by atoms with van der Waals surface area (Å²) in [7, 11) is 0. The van der Waals surface area contributed by atoms with E-state index in [2.05, 4.69) is 17.2 Å². The van der Waals surface area contributed by atoms with Crippen molar-refractivity contribution in [3.8, 4) is 0 Å². The van der Waals surface area contributed by atoms with E-state index in [0.29, 0.717) is 5.56 Å². The Morgan fingerprint density at radius 1 is 1.25 bits per heavy atom. The molecule has 1 aromatic heterocycles. The molecular weight excluding hydrogens is 268 g/mol. The summed E-state index contributed by atoms with van der Waals surface area (Å²) >= 11 is 1.54. The molecule has 0 unspecified atom stereocenters. The van der Waals surface area contributed by atoms with Crippen molar-refractivity contribution < 1.29 is 4.79 Å². The summed E-state index contributed by atoms with van der Waals surface area (Å²) in [6.45, 7) is 2.08. The van der Waals surface area contributed by atoms with Gasteiger partial charge in [0.1, 0.15) is 0 Å². The highest BCUT2D eigenvalue weighted by Gasteiger charge is 2.09. The SMILES string of the molecule is CCc1ccccc1NC(=O)c1ccc2ncsc2c1. The second-order valence-corrected chi connectivity index (χ2v) is 5.39. The lowest BCUT2D eigenvalue weighted by Gasteiger charge is -2.09. The number of carbonyl (C=O) groups excluding carboxylic acids is 1. The summed E-state index contributed by atoms with van der Waals surface area (Å²) < 4.78 is 1.03. The van der Waals surface area contributed by atoms with Crippen molar-refractivity contribution in [1.82, 2.24) is 4.98 Å². The predicted molar refractivity (Wildman–Crippen MR) is 83.4 cm³/mol. The van der Waals surface area contributed by atoms with Crippen LogP contribution in [0.3, 0.4) is 0 Å². The van der Waals surface area contributed by atoms with Crippen LogP contribution in [-0.2, 0) is 6.42 Å². The van der Waals surface area contributed by atoms with Crippen molar-refractivity contribution in [3.05, 3.63) is 59.1 Å². The van der Waals surface area contributed by atoms with Crippen LogP contribution in [0.4, 0.5) is 5.69 Å². The van der Waals surface area contributed by atoms with E-state index < -0.39 is 0 Å². The topological polar surface area (TPSA) is 42.0 Å². The average molecular weight is 282 g/mol. The Morgan fingerprint density at radius 2 is 2.10 bits per heavy atom. The number of amides is 1. The van der Waals surface area contributed by atoms with Gasteiger partial charge < -0.3 is 5.32 Å². The molecule has 20 heavy (non-hydrogen) atoms. The number of para-hydroxylation sites is 1. The molecule has 3 nitrogen and oxygen atoms in total. The van der Waals surface area contributed by atoms with Gasteiger partial charge in [0.05, 0.1) is 15.7 Å². The second-order valence-electron chi connectivity index (χ2n) is 4.50. The van der Waals surface area contributed by atoms with Crippen molar-refractivity contribution >= 4 is 33.1 Å². The minimum atomic E-state index is -0.0822. The Hall–Kier alpha value is -2.20. The van der Waals surface area contributed by atoms with E-state index in [1.807, 2.05) is 42.5 Å². The molecule has 0 saturated heterocycles. The van der Waals surface area contributed by atoms with E-state index in [4.69, 9.17) is 0 Å². The highest BCUT2D eigenvalue weighted by Crippen LogP contribution is 2.21. The maximum Gasteiger partial charge on any atom is 0.255 e. The van der Waals surface area contributed by atoms with Crippen LogP contribution in [0.25, 0.3) is 10.2 Å². The fourth-order valence-electron chi connectivity index (χ4n) is 2.14. The van der Waals surface area contributed by atoms with Crippen LogP contribution in [0.15, 0.2) is 48.0 Å². The Balaban J connectivity index is 1.88. The van der Waals surface area contributed by atoms with Gasteiger partial charge in [0, 0.05) is 11.3 Å². The minimum Gasteiger partial charge on any atom is -0.322 e. The van der Waals surface area contributed by atoms with Crippen LogP contribution >= 0.6 is 11.3 Å². The van der Waals surface area contributed by atoms with Gasteiger partial charge in [-0.15, -0.1) is 11.3 Å². The second kappa shape index (κ2) is 5.43. The van der Waals surface area contributed by atoms with E-state index in [1.54, 1.807) is 16.8 Å². The van der Waals surface area contributed by atoms with Gasteiger partial charge in [0.25, 0.3) is 5.91 Å². The average Bonchev–Trinajstić information content (AvgIpc) is 2.95. The molecule has 0 saturated carbocycles. The number of benzene rings is 2. The fourth-order valence-corrected chi connectivity index (χ4v) is 2.86. The lowest BCUT2D eigenvalue weighted by molar-refractivity contribution is 0.102. The molecule has 4 heteroatoms. The fraction of sp³-hybridized carbons (Fsp3) is 0.125. The molecule has 0 aliphatic rings. The molecule has 100 valence electrons. The van der Waals surface area contributed by atoms with E-state index >= 15 is 0 Å². The van der Waals surface area contributed by atoms with Gasteiger partial charge in [-0.05, 0) is 36.2 Å². The number of hydrogen-bond donors (Lipinski definition) is 1. The van der Waals surface area contributed by atoms with E-state index in [9.17, 15) is 4.79 Å². The molecule has 0 bridgehead atoms. The first-order valence-electron chi connectivity index (χ1n) is 6.50. The van der Waals surface area contributed by atoms with E-state index in [-0.39, 0.29) is 5.91 Å². The van der Waals surface area contributed by atoms with Crippen molar-refractivity contribution in [1.29, 1.82) is 0 Å². The van der Waals surface area contributed by atoms with Gasteiger partial charge in [-0.2, -0.15) is 0 Å². The largest absolute Gasteiger partial charge is 0.322 e. The van der Waals surface area contributed by atoms with Crippen LogP contribution < -0.4 is 5.32 Å². The molecule has 0 aliphatic carbocycles.